The van der Waals surface area contributed by atoms with Crippen molar-refractivity contribution in [2.45, 2.75) is 20.0 Å². The predicted molar refractivity (Wildman–Crippen MR) is 115 cm³/mol. The molecule has 5 rings (SSSR count). The van der Waals surface area contributed by atoms with Crippen molar-refractivity contribution in [1.29, 1.82) is 0 Å². The Balaban J connectivity index is 0.00000231. The van der Waals surface area contributed by atoms with E-state index in [-0.39, 0.29) is 25.3 Å². The summed E-state index contributed by atoms with van der Waals surface area (Å²) in [7, 11) is 5.33. The number of hydrogen-bond donors (Lipinski definition) is 0. The van der Waals surface area contributed by atoms with Crippen LogP contribution in [0.5, 0.6) is 28.7 Å². The van der Waals surface area contributed by atoms with Crippen molar-refractivity contribution in [1.82, 2.24) is 0 Å². The summed E-state index contributed by atoms with van der Waals surface area (Å²) in [5.74, 6) is 3.64. The molecular formula is C24H24ClNO5. The van der Waals surface area contributed by atoms with Gasteiger partial charge in [0.25, 0.3) is 0 Å². The summed E-state index contributed by atoms with van der Waals surface area (Å²) in [5, 5.41) is 5.18. The first-order chi connectivity index (χ1) is 14.5. The van der Waals surface area contributed by atoms with Crippen LogP contribution in [0.4, 0.5) is 0 Å². The van der Waals surface area contributed by atoms with Gasteiger partial charge in [0.05, 0.1) is 36.5 Å². The lowest BCUT2D eigenvalue weighted by Gasteiger charge is -2.18. The van der Waals surface area contributed by atoms with Gasteiger partial charge >= 0.3 is 0 Å². The molecule has 6 nitrogen and oxygen atoms in total. The van der Waals surface area contributed by atoms with E-state index in [1.54, 1.807) is 14.2 Å². The molecule has 7 heteroatoms. The minimum absolute atomic E-state index is 0. The zero-order valence-corrected chi connectivity index (χ0v) is 18.9. The number of rotatable bonds is 4. The largest absolute Gasteiger partial charge is 1.00 e. The molecule has 1 aliphatic heterocycles. The number of pyridine rings is 1. The molecule has 162 valence electrons. The van der Waals surface area contributed by atoms with Gasteiger partial charge in [0.1, 0.15) is 12.8 Å². The predicted octanol–water partition coefficient (Wildman–Crippen LogP) is 1.51. The summed E-state index contributed by atoms with van der Waals surface area (Å²) in [6, 6.07) is 10.2. The van der Waals surface area contributed by atoms with E-state index in [9.17, 15) is 0 Å². The second-order valence-corrected chi connectivity index (χ2v) is 7.69. The van der Waals surface area contributed by atoms with E-state index < -0.39 is 0 Å². The van der Waals surface area contributed by atoms with Crippen molar-refractivity contribution in [3.63, 3.8) is 0 Å². The van der Waals surface area contributed by atoms with Crippen LogP contribution in [-0.2, 0) is 7.05 Å². The molecular weight excluding hydrogens is 418 g/mol. The topological polar surface area (TPSA) is 50.0 Å². The fourth-order valence-electron chi connectivity index (χ4n) is 4.28. The van der Waals surface area contributed by atoms with Crippen molar-refractivity contribution in [2.75, 3.05) is 21.0 Å². The van der Waals surface area contributed by atoms with E-state index in [1.807, 2.05) is 33.0 Å². The molecule has 0 saturated heterocycles. The summed E-state index contributed by atoms with van der Waals surface area (Å²) in [6.07, 6.45) is 2.08. The van der Waals surface area contributed by atoms with Gasteiger partial charge in [-0.3, -0.25) is 0 Å². The second kappa shape index (κ2) is 7.85. The SMILES string of the molecule is COc1cc(OC(C)C)c2c(c[n+](C)c3c4cc5c(cc4ccc23)OCO5)c1OC.[Cl-]. The number of fused-ring (bicyclic) bond motifs is 6. The van der Waals surface area contributed by atoms with Crippen LogP contribution in [0.2, 0.25) is 0 Å². The van der Waals surface area contributed by atoms with Crippen LogP contribution in [0.1, 0.15) is 13.8 Å². The van der Waals surface area contributed by atoms with Gasteiger partial charge in [-0.05, 0) is 37.4 Å². The highest BCUT2D eigenvalue weighted by molar-refractivity contribution is 6.17. The summed E-state index contributed by atoms with van der Waals surface area (Å²) in [6.45, 7) is 4.29. The Hall–Kier alpha value is -3.12. The first-order valence-corrected chi connectivity index (χ1v) is 9.92. The third kappa shape index (κ3) is 3.22. The van der Waals surface area contributed by atoms with Gasteiger partial charge in [-0.2, -0.15) is 4.57 Å². The van der Waals surface area contributed by atoms with E-state index >= 15 is 0 Å². The molecule has 2 heterocycles. The summed E-state index contributed by atoms with van der Waals surface area (Å²) in [4.78, 5) is 0. The molecule has 0 fully saturated rings. The van der Waals surface area contributed by atoms with Gasteiger partial charge in [-0.25, -0.2) is 0 Å². The van der Waals surface area contributed by atoms with E-state index in [2.05, 4.69) is 29.0 Å². The van der Waals surface area contributed by atoms with Crippen LogP contribution in [-0.4, -0.2) is 27.1 Å². The summed E-state index contributed by atoms with van der Waals surface area (Å²) in [5.41, 5.74) is 1.08. The zero-order chi connectivity index (χ0) is 21.0. The standard InChI is InChI=1S/C24H24NO5.ClH/c1-13(2)30-20-10-21(26-4)24(27-5)17-11-25(3)23-15(22(17)20)7-6-14-8-18-19(9-16(14)23)29-12-28-18;/h6-11,13H,12H2,1-5H3;1H/q+1;/p-1. The normalized spacial score (nSPS) is 12.5. The maximum atomic E-state index is 6.21. The lowest BCUT2D eigenvalue weighted by Crippen LogP contribution is -3.00. The molecule has 0 spiro atoms. The Morgan fingerprint density at radius 2 is 1.65 bits per heavy atom. The minimum atomic E-state index is 0. The van der Waals surface area contributed by atoms with Crippen molar-refractivity contribution in [2.24, 2.45) is 7.05 Å². The maximum Gasteiger partial charge on any atom is 0.231 e. The molecule has 0 saturated carbocycles. The van der Waals surface area contributed by atoms with Gasteiger partial charge in [-0.1, -0.05) is 6.07 Å². The lowest BCUT2D eigenvalue weighted by molar-refractivity contribution is -0.642. The Labute approximate surface area is 186 Å². The number of aromatic nitrogens is 1. The smallest absolute Gasteiger partial charge is 0.231 e. The Kier molecular flexibility index (Phi) is 5.35. The number of methoxy groups -OCH3 is 2. The van der Waals surface area contributed by atoms with Crippen molar-refractivity contribution >= 4 is 32.4 Å². The average Bonchev–Trinajstić information content (AvgIpc) is 3.18. The first kappa shape index (κ1) is 21.1. The Bertz CT molecular complexity index is 1320. The number of hydrogen-bond acceptors (Lipinski definition) is 5. The van der Waals surface area contributed by atoms with E-state index in [0.717, 1.165) is 49.7 Å². The summed E-state index contributed by atoms with van der Waals surface area (Å²) >= 11 is 0. The Morgan fingerprint density at radius 3 is 2.32 bits per heavy atom. The third-order valence-corrected chi connectivity index (χ3v) is 5.46. The maximum absolute atomic E-state index is 6.21. The molecule has 0 N–H and O–H groups in total. The highest BCUT2D eigenvalue weighted by atomic mass is 35.5. The van der Waals surface area contributed by atoms with Crippen LogP contribution >= 0.6 is 0 Å². The number of aryl methyl sites for hydroxylation is 1. The number of halogens is 1. The fraction of sp³-hybridized carbons (Fsp3) is 0.292. The average molecular weight is 442 g/mol. The number of ether oxygens (including phenoxy) is 5. The molecule has 0 radical (unpaired) electrons. The summed E-state index contributed by atoms with van der Waals surface area (Å²) < 4.78 is 30.8. The molecule has 31 heavy (non-hydrogen) atoms. The molecule has 1 aromatic heterocycles. The van der Waals surface area contributed by atoms with Crippen molar-refractivity contribution in [3.05, 3.63) is 36.5 Å². The molecule has 0 unspecified atom stereocenters. The molecule has 0 atom stereocenters. The van der Waals surface area contributed by atoms with E-state index in [1.165, 1.54) is 0 Å². The third-order valence-electron chi connectivity index (χ3n) is 5.46. The van der Waals surface area contributed by atoms with Gasteiger partial charge < -0.3 is 36.1 Å². The van der Waals surface area contributed by atoms with Crippen LogP contribution < -0.4 is 40.7 Å². The molecule has 4 aromatic rings. The minimum Gasteiger partial charge on any atom is -1.00 e. The Morgan fingerprint density at radius 1 is 0.903 bits per heavy atom. The monoisotopic (exact) mass is 441 g/mol. The van der Waals surface area contributed by atoms with Gasteiger partial charge in [-0.15, -0.1) is 0 Å². The van der Waals surface area contributed by atoms with Crippen LogP contribution in [0.25, 0.3) is 32.4 Å². The van der Waals surface area contributed by atoms with Crippen LogP contribution in [0.3, 0.4) is 0 Å². The van der Waals surface area contributed by atoms with Gasteiger partial charge in [0, 0.05) is 11.5 Å². The zero-order valence-electron chi connectivity index (χ0n) is 18.1. The quantitative estimate of drug-likeness (QED) is 0.355. The van der Waals surface area contributed by atoms with Crippen molar-refractivity contribution in [3.8, 4) is 28.7 Å². The highest BCUT2D eigenvalue weighted by Gasteiger charge is 2.25. The van der Waals surface area contributed by atoms with E-state index in [4.69, 9.17) is 23.7 Å². The van der Waals surface area contributed by atoms with Crippen molar-refractivity contribution < 1.29 is 40.7 Å². The fourth-order valence-corrected chi connectivity index (χ4v) is 4.28. The van der Waals surface area contributed by atoms with Crippen LogP contribution in [0, 0.1) is 0 Å². The van der Waals surface area contributed by atoms with E-state index in [0.29, 0.717) is 11.5 Å². The molecule has 0 amide bonds. The lowest BCUT2D eigenvalue weighted by atomic mass is 9.99. The number of benzene rings is 3. The first-order valence-electron chi connectivity index (χ1n) is 9.92. The van der Waals surface area contributed by atoms with Gasteiger partial charge in [0.15, 0.2) is 29.2 Å². The van der Waals surface area contributed by atoms with Gasteiger partial charge in [0.2, 0.25) is 12.3 Å². The molecule has 3 aromatic carbocycles. The highest BCUT2D eigenvalue weighted by Crippen LogP contribution is 2.45. The molecule has 1 aliphatic rings. The molecule has 0 bridgehead atoms. The number of nitrogens with zero attached hydrogens (tertiary/aromatic N) is 1. The van der Waals surface area contributed by atoms with Crippen LogP contribution in [0.15, 0.2) is 36.5 Å². The second-order valence-electron chi connectivity index (χ2n) is 7.69. The molecule has 0 aliphatic carbocycles.